The summed E-state index contributed by atoms with van der Waals surface area (Å²) in [5, 5.41) is 2.94. The summed E-state index contributed by atoms with van der Waals surface area (Å²) in [6.07, 6.45) is 2.68. The molecule has 0 saturated carbocycles. The van der Waals surface area contributed by atoms with Gasteiger partial charge in [0.1, 0.15) is 5.82 Å². The Hall–Kier alpha value is -1.50. The first kappa shape index (κ1) is 17.3. The van der Waals surface area contributed by atoms with Gasteiger partial charge in [-0.25, -0.2) is 4.39 Å². The fourth-order valence-corrected chi connectivity index (χ4v) is 3.29. The van der Waals surface area contributed by atoms with Crippen molar-refractivity contribution in [2.45, 2.75) is 25.6 Å². The molecule has 2 saturated heterocycles. The number of carbonyl (C=O) groups excluding carboxylic acids is 1. The molecule has 0 aliphatic carbocycles. The Bertz CT molecular complexity index is 524. The molecule has 1 aromatic rings. The molecule has 1 N–H and O–H groups in total. The van der Waals surface area contributed by atoms with Gasteiger partial charge in [0.2, 0.25) is 5.91 Å². The van der Waals surface area contributed by atoms with Crippen molar-refractivity contribution < 1.29 is 18.7 Å². The quantitative estimate of drug-likeness (QED) is 0.857. The number of likely N-dealkylation sites (tertiary alicyclic amines) is 1. The van der Waals surface area contributed by atoms with Crippen molar-refractivity contribution in [3.05, 3.63) is 35.6 Å². The summed E-state index contributed by atoms with van der Waals surface area (Å²) in [6, 6.07) is 6.39. The summed E-state index contributed by atoms with van der Waals surface area (Å²) in [5.74, 6) is 0.258. The molecule has 0 unspecified atom stereocenters. The molecule has 0 radical (unpaired) electrons. The molecule has 1 amide bonds. The predicted molar refractivity (Wildman–Crippen MR) is 88.0 cm³/mol. The van der Waals surface area contributed by atoms with E-state index in [2.05, 4.69) is 10.2 Å². The zero-order valence-electron chi connectivity index (χ0n) is 13.9. The van der Waals surface area contributed by atoms with Crippen molar-refractivity contribution in [2.24, 2.45) is 5.92 Å². The van der Waals surface area contributed by atoms with Crippen molar-refractivity contribution in [1.82, 2.24) is 10.2 Å². The Morgan fingerprint density at radius 2 is 1.83 bits per heavy atom. The van der Waals surface area contributed by atoms with Crippen LogP contribution in [-0.4, -0.2) is 56.5 Å². The van der Waals surface area contributed by atoms with Gasteiger partial charge in [-0.15, -0.1) is 0 Å². The molecule has 2 aliphatic rings. The first-order valence-electron chi connectivity index (χ1n) is 8.67. The highest BCUT2D eigenvalue weighted by Crippen LogP contribution is 2.25. The van der Waals surface area contributed by atoms with Gasteiger partial charge in [-0.05, 0) is 50.0 Å². The largest absolute Gasteiger partial charge is 0.355 e. The monoisotopic (exact) mass is 336 g/mol. The number of benzene rings is 1. The van der Waals surface area contributed by atoms with E-state index < -0.39 is 0 Å². The second-order valence-corrected chi connectivity index (χ2v) is 6.45. The number of amides is 1. The van der Waals surface area contributed by atoms with Crippen LogP contribution in [0.4, 0.5) is 4.39 Å². The first-order valence-corrected chi connectivity index (χ1v) is 8.67. The van der Waals surface area contributed by atoms with E-state index in [9.17, 15) is 9.18 Å². The predicted octanol–water partition coefficient (Wildman–Crippen LogP) is 1.57. The highest BCUT2D eigenvalue weighted by molar-refractivity contribution is 5.78. The van der Waals surface area contributed by atoms with Gasteiger partial charge >= 0.3 is 0 Å². The second-order valence-electron chi connectivity index (χ2n) is 6.45. The molecule has 0 spiro atoms. The Morgan fingerprint density at radius 3 is 2.50 bits per heavy atom. The normalized spacial score (nSPS) is 20.4. The number of halogens is 1. The van der Waals surface area contributed by atoms with Gasteiger partial charge in [0.05, 0.1) is 19.8 Å². The molecule has 3 rings (SSSR count). The van der Waals surface area contributed by atoms with E-state index in [1.807, 2.05) is 0 Å². The molecule has 2 heterocycles. The maximum atomic E-state index is 12.8. The molecular weight excluding hydrogens is 311 g/mol. The third-order valence-corrected chi connectivity index (χ3v) is 4.68. The molecule has 0 atom stereocenters. The van der Waals surface area contributed by atoms with E-state index in [1.165, 1.54) is 12.1 Å². The summed E-state index contributed by atoms with van der Waals surface area (Å²) < 4.78 is 24.0. The average Bonchev–Trinajstić information content (AvgIpc) is 3.12. The number of rotatable bonds is 6. The minimum atomic E-state index is -0.236. The van der Waals surface area contributed by atoms with Crippen LogP contribution in [0, 0.1) is 11.7 Å². The third-order valence-electron chi connectivity index (χ3n) is 4.68. The number of carbonyl (C=O) groups is 1. The van der Waals surface area contributed by atoms with Crippen molar-refractivity contribution in [1.29, 1.82) is 0 Å². The lowest BCUT2D eigenvalue weighted by Gasteiger charge is -2.33. The van der Waals surface area contributed by atoms with Crippen molar-refractivity contribution in [3.63, 3.8) is 0 Å². The minimum absolute atomic E-state index is 0.0447. The number of hydrogen-bond donors (Lipinski definition) is 1. The highest BCUT2D eigenvalue weighted by Gasteiger charge is 2.30. The maximum absolute atomic E-state index is 12.8. The zero-order chi connectivity index (χ0) is 16.8. The Kier molecular flexibility index (Phi) is 6.18. The first-order chi connectivity index (χ1) is 11.7. The number of piperidine rings is 1. The van der Waals surface area contributed by atoms with E-state index in [0.717, 1.165) is 31.5 Å². The molecule has 0 aromatic heterocycles. The van der Waals surface area contributed by atoms with Crippen molar-refractivity contribution in [2.75, 3.05) is 39.4 Å². The van der Waals surface area contributed by atoms with Crippen LogP contribution in [0.3, 0.4) is 0 Å². The fraction of sp³-hybridized carbons (Fsp3) is 0.611. The summed E-state index contributed by atoms with van der Waals surface area (Å²) in [6.45, 7) is 4.20. The van der Waals surface area contributed by atoms with Gasteiger partial charge in [-0.2, -0.15) is 0 Å². The zero-order valence-corrected chi connectivity index (χ0v) is 13.9. The molecule has 2 aliphatic heterocycles. The van der Waals surface area contributed by atoms with Crippen LogP contribution < -0.4 is 5.32 Å². The maximum Gasteiger partial charge on any atom is 0.234 e. The Balaban J connectivity index is 1.31. The number of ether oxygens (including phenoxy) is 2. The lowest BCUT2D eigenvalue weighted by Crippen LogP contribution is -2.43. The topological polar surface area (TPSA) is 50.8 Å². The van der Waals surface area contributed by atoms with Crippen molar-refractivity contribution in [3.8, 4) is 0 Å². The smallest absolute Gasteiger partial charge is 0.234 e. The lowest BCUT2D eigenvalue weighted by molar-refractivity contribution is -0.123. The molecule has 24 heavy (non-hydrogen) atoms. The number of hydrogen-bond acceptors (Lipinski definition) is 4. The molecule has 1 aromatic carbocycles. The van der Waals surface area contributed by atoms with Gasteiger partial charge < -0.3 is 14.8 Å². The van der Waals surface area contributed by atoms with Gasteiger partial charge in [0.15, 0.2) is 6.29 Å². The van der Waals surface area contributed by atoms with Crippen LogP contribution >= 0.6 is 0 Å². The fourth-order valence-electron chi connectivity index (χ4n) is 3.29. The average molecular weight is 336 g/mol. The van der Waals surface area contributed by atoms with Crippen LogP contribution in [0.2, 0.25) is 0 Å². The van der Waals surface area contributed by atoms with Crippen LogP contribution in [0.15, 0.2) is 24.3 Å². The van der Waals surface area contributed by atoms with Gasteiger partial charge in [0, 0.05) is 12.5 Å². The summed E-state index contributed by atoms with van der Waals surface area (Å²) in [5.41, 5.74) is 1.02. The SMILES string of the molecule is O=C(CN1CCC(C2OCCO2)CC1)NCCc1ccc(F)cc1. The number of nitrogens with one attached hydrogen (secondary N) is 1. The van der Waals surface area contributed by atoms with Crippen LogP contribution in [0.1, 0.15) is 18.4 Å². The molecule has 6 heteroatoms. The van der Waals surface area contributed by atoms with Crippen LogP contribution in [0.5, 0.6) is 0 Å². The highest BCUT2D eigenvalue weighted by atomic mass is 19.1. The van der Waals surface area contributed by atoms with E-state index in [-0.39, 0.29) is 18.0 Å². The molecule has 132 valence electrons. The Labute approximate surface area is 142 Å². The van der Waals surface area contributed by atoms with Crippen LogP contribution in [-0.2, 0) is 20.7 Å². The standard InChI is InChI=1S/C18H25FN2O3/c19-16-3-1-14(2-4-16)5-8-20-17(22)13-21-9-6-15(7-10-21)18-23-11-12-24-18/h1-4,15,18H,5-13H2,(H,20,22). The van der Waals surface area contributed by atoms with E-state index in [4.69, 9.17) is 9.47 Å². The molecular formula is C18H25FN2O3. The van der Waals surface area contributed by atoms with E-state index in [1.54, 1.807) is 12.1 Å². The second kappa shape index (κ2) is 8.55. The summed E-state index contributed by atoms with van der Waals surface area (Å²) in [4.78, 5) is 14.2. The number of nitrogens with zero attached hydrogens (tertiary/aromatic N) is 1. The summed E-state index contributed by atoms with van der Waals surface area (Å²) >= 11 is 0. The lowest BCUT2D eigenvalue weighted by atomic mass is 9.96. The third kappa shape index (κ3) is 5.00. The van der Waals surface area contributed by atoms with Gasteiger partial charge in [-0.3, -0.25) is 9.69 Å². The summed E-state index contributed by atoms with van der Waals surface area (Å²) in [7, 11) is 0. The van der Waals surface area contributed by atoms with Gasteiger partial charge in [0.25, 0.3) is 0 Å². The van der Waals surface area contributed by atoms with E-state index >= 15 is 0 Å². The Morgan fingerprint density at radius 1 is 1.17 bits per heavy atom. The molecule has 5 nitrogen and oxygen atoms in total. The van der Waals surface area contributed by atoms with Gasteiger partial charge in [-0.1, -0.05) is 12.1 Å². The minimum Gasteiger partial charge on any atom is -0.355 e. The molecule has 0 bridgehead atoms. The van der Waals surface area contributed by atoms with Crippen molar-refractivity contribution >= 4 is 5.91 Å². The van der Waals surface area contributed by atoms with E-state index in [0.29, 0.717) is 38.6 Å². The van der Waals surface area contributed by atoms with Crippen LogP contribution in [0.25, 0.3) is 0 Å². The molecule has 2 fully saturated rings.